The van der Waals surface area contributed by atoms with Crippen molar-refractivity contribution in [2.24, 2.45) is 5.92 Å². The Morgan fingerprint density at radius 1 is 0.656 bits per heavy atom. The van der Waals surface area contributed by atoms with Crippen LogP contribution in [-0.2, 0) is 4.74 Å². The van der Waals surface area contributed by atoms with Crippen molar-refractivity contribution >= 4 is 0 Å². The molecule has 32 heavy (non-hydrogen) atoms. The van der Waals surface area contributed by atoms with E-state index < -0.39 is 6.10 Å². The van der Waals surface area contributed by atoms with Crippen LogP contribution in [0.4, 0.5) is 0 Å². The van der Waals surface area contributed by atoms with E-state index in [1.165, 1.54) is 0 Å². The Kier molecular flexibility index (Phi) is 7.58. The maximum absolute atomic E-state index is 10.2. The average molecular weight is 449 g/mol. The van der Waals surface area contributed by atoms with E-state index in [0.717, 1.165) is 11.1 Å². The van der Waals surface area contributed by atoms with Crippen LogP contribution in [0.5, 0.6) is 34.5 Å². The molecule has 8 nitrogen and oxygen atoms in total. The van der Waals surface area contributed by atoms with E-state index in [4.69, 9.17) is 33.2 Å². The first-order valence-corrected chi connectivity index (χ1v) is 10.3. The van der Waals surface area contributed by atoms with Crippen molar-refractivity contribution in [2.75, 3.05) is 49.3 Å². The van der Waals surface area contributed by atoms with Crippen LogP contribution in [0.3, 0.4) is 0 Å². The van der Waals surface area contributed by atoms with Crippen molar-refractivity contribution in [2.45, 2.75) is 25.0 Å². The van der Waals surface area contributed by atoms with Gasteiger partial charge in [0.2, 0.25) is 0 Å². The summed E-state index contributed by atoms with van der Waals surface area (Å²) in [4.78, 5) is 0. The van der Waals surface area contributed by atoms with E-state index >= 15 is 0 Å². The second kappa shape index (κ2) is 10.2. The van der Waals surface area contributed by atoms with Gasteiger partial charge in [0.25, 0.3) is 0 Å². The quantitative estimate of drug-likeness (QED) is 0.623. The number of aliphatic hydroxyl groups is 1. The zero-order chi connectivity index (χ0) is 23.4. The van der Waals surface area contributed by atoms with E-state index in [2.05, 4.69) is 6.92 Å². The van der Waals surface area contributed by atoms with Gasteiger partial charge < -0.3 is 38.3 Å². The smallest absolute Gasteiger partial charge is 0.164 e. The predicted octanol–water partition coefficient (Wildman–Crippen LogP) is 3.59. The summed E-state index contributed by atoms with van der Waals surface area (Å²) in [6.07, 6.45) is -0.815. The summed E-state index contributed by atoms with van der Waals surface area (Å²) in [5.41, 5.74) is 1.69. The molecule has 2 aromatic rings. The lowest BCUT2D eigenvalue weighted by molar-refractivity contribution is 0.000938. The van der Waals surface area contributed by atoms with Crippen LogP contribution in [-0.4, -0.2) is 60.5 Å². The molecule has 1 aliphatic heterocycles. The molecule has 1 heterocycles. The molecular weight excluding hydrogens is 416 g/mol. The third-order valence-corrected chi connectivity index (χ3v) is 6.08. The van der Waals surface area contributed by atoms with Gasteiger partial charge in [-0.2, -0.15) is 0 Å². The molecule has 0 unspecified atom stereocenters. The standard InChI is InChI=1S/C24H32O8/c1-13-23(14-8-18(28-4)20(30-6)10-16(14)26-2)22(12-25)32-24(13)15-9-19(29-5)21(31-7)11-17(15)27-3/h8-11,13,22-25H,12H2,1-7H3/t13-,22+,23+,24-/m1/s1. The van der Waals surface area contributed by atoms with Gasteiger partial charge in [-0.05, 0) is 18.1 Å². The molecule has 0 aliphatic carbocycles. The van der Waals surface area contributed by atoms with Gasteiger partial charge in [-0.1, -0.05) is 6.92 Å². The van der Waals surface area contributed by atoms with Gasteiger partial charge >= 0.3 is 0 Å². The normalized spacial score (nSPS) is 22.4. The Bertz CT molecular complexity index is 929. The minimum absolute atomic E-state index is 0.0360. The van der Waals surface area contributed by atoms with Crippen LogP contribution in [0.2, 0.25) is 0 Å². The molecular formula is C24H32O8. The summed E-state index contributed by atoms with van der Waals surface area (Å²) < 4.78 is 39.5. The van der Waals surface area contributed by atoms with Gasteiger partial charge in [-0.25, -0.2) is 0 Å². The monoisotopic (exact) mass is 448 g/mol. The first kappa shape index (κ1) is 23.8. The average Bonchev–Trinajstić information content (AvgIpc) is 3.17. The van der Waals surface area contributed by atoms with Gasteiger partial charge in [-0.3, -0.25) is 0 Å². The van der Waals surface area contributed by atoms with Crippen LogP contribution in [0, 0.1) is 5.92 Å². The molecule has 0 saturated carbocycles. The molecule has 8 heteroatoms. The molecule has 2 aromatic carbocycles. The molecule has 0 radical (unpaired) electrons. The van der Waals surface area contributed by atoms with Gasteiger partial charge in [-0.15, -0.1) is 0 Å². The number of rotatable bonds is 9. The van der Waals surface area contributed by atoms with Crippen molar-refractivity contribution < 1.29 is 38.3 Å². The van der Waals surface area contributed by atoms with E-state index in [0.29, 0.717) is 34.5 Å². The fourth-order valence-corrected chi connectivity index (χ4v) is 4.51. The van der Waals surface area contributed by atoms with Gasteiger partial charge in [0.05, 0.1) is 61.5 Å². The summed E-state index contributed by atoms with van der Waals surface area (Å²) in [6.45, 7) is 1.93. The third-order valence-electron chi connectivity index (χ3n) is 6.08. The molecule has 4 atom stereocenters. The molecule has 3 rings (SSSR count). The highest BCUT2D eigenvalue weighted by atomic mass is 16.5. The minimum Gasteiger partial charge on any atom is -0.496 e. The van der Waals surface area contributed by atoms with Gasteiger partial charge in [0, 0.05) is 29.2 Å². The van der Waals surface area contributed by atoms with Crippen LogP contribution in [0.1, 0.15) is 30.1 Å². The fourth-order valence-electron chi connectivity index (χ4n) is 4.51. The molecule has 1 N–H and O–H groups in total. The molecule has 0 amide bonds. The highest BCUT2D eigenvalue weighted by molar-refractivity contribution is 5.54. The number of ether oxygens (including phenoxy) is 7. The maximum Gasteiger partial charge on any atom is 0.164 e. The summed E-state index contributed by atoms with van der Waals surface area (Å²) in [6, 6.07) is 7.32. The second-order valence-corrected chi connectivity index (χ2v) is 7.56. The zero-order valence-electron chi connectivity index (χ0n) is 19.6. The Morgan fingerprint density at radius 2 is 1.06 bits per heavy atom. The Hall–Kier alpha value is -2.84. The van der Waals surface area contributed by atoms with E-state index in [-0.39, 0.29) is 24.5 Å². The van der Waals surface area contributed by atoms with Crippen molar-refractivity contribution in [1.82, 2.24) is 0 Å². The predicted molar refractivity (Wildman–Crippen MR) is 119 cm³/mol. The zero-order valence-corrected chi connectivity index (χ0v) is 19.6. The van der Waals surface area contributed by atoms with Crippen molar-refractivity contribution in [3.63, 3.8) is 0 Å². The van der Waals surface area contributed by atoms with Crippen molar-refractivity contribution in [3.8, 4) is 34.5 Å². The molecule has 0 spiro atoms. The summed E-state index contributed by atoms with van der Waals surface area (Å²) >= 11 is 0. The SMILES string of the molecule is COc1cc(OC)c([C@@H]2[C@@H](C)[C@H](c3cc(OC)c(OC)cc3OC)O[C@H]2CO)cc1OC. The summed E-state index contributed by atoms with van der Waals surface area (Å²) in [5.74, 6) is 3.35. The number of benzene rings is 2. The molecule has 1 saturated heterocycles. The number of aliphatic hydroxyl groups excluding tert-OH is 1. The minimum atomic E-state index is -0.459. The Morgan fingerprint density at radius 3 is 1.50 bits per heavy atom. The van der Waals surface area contributed by atoms with Crippen molar-refractivity contribution in [3.05, 3.63) is 35.4 Å². The van der Waals surface area contributed by atoms with E-state index in [1.807, 2.05) is 12.1 Å². The lowest BCUT2D eigenvalue weighted by atomic mass is 9.80. The van der Waals surface area contributed by atoms with E-state index in [9.17, 15) is 5.11 Å². The van der Waals surface area contributed by atoms with Crippen LogP contribution in [0.25, 0.3) is 0 Å². The third kappa shape index (κ3) is 4.12. The second-order valence-electron chi connectivity index (χ2n) is 7.56. The van der Waals surface area contributed by atoms with Crippen LogP contribution in [0.15, 0.2) is 24.3 Å². The molecule has 1 fully saturated rings. The Balaban J connectivity index is 2.10. The number of hydrogen-bond acceptors (Lipinski definition) is 8. The molecule has 0 aromatic heterocycles. The number of hydrogen-bond donors (Lipinski definition) is 1. The topological polar surface area (TPSA) is 84.8 Å². The molecule has 1 aliphatic rings. The fraction of sp³-hybridized carbons (Fsp3) is 0.500. The highest BCUT2D eigenvalue weighted by Gasteiger charge is 2.45. The number of methoxy groups -OCH3 is 6. The van der Waals surface area contributed by atoms with Crippen LogP contribution >= 0.6 is 0 Å². The van der Waals surface area contributed by atoms with Gasteiger partial charge in [0.1, 0.15) is 11.5 Å². The largest absolute Gasteiger partial charge is 0.496 e. The van der Waals surface area contributed by atoms with Crippen molar-refractivity contribution in [1.29, 1.82) is 0 Å². The van der Waals surface area contributed by atoms with E-state index in [1.54, 1.807) is 54.8 Å². The van der Waals surface area contributed by atoms with Crippen LogP contribution < -0.4 is 28.4 Å². The summed E-state index contributed by atoms with van der Waals surface area (Å²) in [7, 11) is 9.53. The molecule has 0 bridgehead atoms. The lowest BCUT2D eigenvalue weighted by Gasteiger charge is -2.24. The molecule has 176 valence electrons. The Labute approximate surface area is 188 Å². The highest BCUT2D eigenvalue weighted by Crippen LogP contribution is 2.53. The maximum atomic E-state index is 10.2. The van der Waals surface area contributed by atoms with Gasteiger partial charge in [0.15, 0.2) is 23.0 Å². The lowest BCUT2D eigenvalue weighted by Crippen LogP contribution is -2.21. The first-order valence-electron chi connectivity index (χ1n) is 10.3. The first-order chi connectivity index (χ1) is 15.5. The summed E-state index contributed by atoms with van der Waals surface area (Å²) in [5, 5.41) is 10.2.